The van der Waals surface area contributed by atoms with E-state index in [9.17, 15) is 0 Å². The van der Waals surface area contributed by atoms with Crippen LogP contribution in [0.25, 0.3) is 22.3 Å². The maximum atomic E-state index is 8.70. The Bertz CT molecular complexity index is 1050. The maximum Gasteiger partial charge on any atom is 0.692 e. The van der Waals surface area contributed by atoms with Crippen LogP contribution in [0.15, 0.2) is 66.7 Å². The van der Waals surface area contributed by atoms with Crippen LogP contribution in [0.4, 0.5) is 0 Å². The van der Waals surface area contributed by atoms with Crippen molar-refractivity contribution < 1.29 is 28.7 Å². The lowest BCUT2D eigenvalue weighted by molar-refractivity contribution is 0.403. The summed E-state index contributed by atoms with van der Waals surface area (Å²) in [5, 5.41) is 0. The van der Waals surface area contributed by atoms with E-state index >= 15 is 0 Å². The third-order valence-corrected chi connectivity index (χ3v) is 5.25. The quantitative estimate of drug-likeness (QED) is 0.294. The van der Waals surface area contributed by atoms with Crippen molar-refractivity contribution in [3.05, 3.63) is 83.4 Å². The predicted octanol–water partition coefficient (Wildman–Crippen LogP) is 6.70. The van der Waals surface area contributed by atoms with E-state index in [1.54, 1.807) is 0 Å². The average Bonchev–Trinajstić information content (AvgIpc) is 2.77. The van der Waals surface area contributed by atoms with Gasteiger partial charge in [-0.2, -0.15) is 0 Å². The second-order valence-corrected chi connectivity index (χ2v) is 9.58. The lowest BCUT2D eigenvalue weighted by Gasteiger charge is -2.24. The van der Waals surface area contributed by atoms with Crippen molar-refractivity contribution in [3.63, 3.8) is 0 Å². The van der Waals surface area contributed by atoms with Gasteiger partial charge in [0.05, 0.1) is 0 Å². The van der Waals surface area contributed by atoms with E-state index in [1.165, 1.54) is 38.9 Å². The second kappa shape index (κ2) is 14.2. The molecule has 0 aliphatic carbocycles. The molecule has 0 radical (unpaired) electrons. The molecule has 0 atom stereocenters. The zero-order valence-electron chi connectivity index (χ0n) is 20.3. The van der Waals surface area contributed by atoms with Crippen molar-refractivity contribution in [3.8, 4) is 22.3 Å². The Kier molecular flexibility index (Phi) is 12.4. The number of rotatable bonds is 4. The van der Waals surface area contributed by atoms with Crippen molar-refractivity contribution in [2.45, 2.75) is 52.9 Å². The maximum absolute atomic E-state index is 8.70. The molecular weight excluding hydrogens is 470 g/mol. The minimum Gasteiger partial charge on any atom is -0.134 e. The molecule has 0 unspecified atom stereocenters. The molecule has 0 saturated carbocycles. The van der Waals surface area contributed by atoms with Gasteiger partial charge in [0.2, 0.25) is 0 Å². The molecule has 0 heterocycles. The summed E-state index contributed by atoms with van der Waals surface area (Å²) in [5.41, 5.74) is 9.83. The summed E-state index contributed by atoms with van der Waals surface area (Å²) in [4.78, 5) is 28.5. The van der Waals surface area contributed by atoms with Gasteiger partial charge in [0.25, 0.3) is 0 Å². The second-order valence-electron chi connectivity index (χ2n) is 8.57. The van der Waals surface area contributed by atoms with Crippen molar-refractivity contribution in [1.82, 2.24) is 0 Å². The molecule has 0 aromatic heterocycles. The molecule has 3 rings (SSSR count). The molecule has 0 spiro atoms. The minimum atomic E-state index is -2.87. The molecule has 8 heteroatoms. The van der Waals surface area contributed by atoms with Crippen LogP contribution in [0, 0.1) is 0 Å². The highest BCUT2D eigenvalue weighted by molar-refractivity contribution is 7.31. The Morgan fingerprint density at radius 2 is 1.12 bits per heavy atom. The van der Waals surface area contributed by atoms with Gasteiger partial charge in [-0.15, -0.1) is 19.6 Å². The number of benzene rings is 3. The summed E-state index contributed by atoms with van der Waals surface area (Å²) in [6, 6.07) is 24.5. The summed E-state index contributed by atoms with van der Waals surface area (Å²) < 4.78 is 17.4. The fourth-order valence-corrected chi connectivity index (χ4v) is 3.63. The molecule has 182 valence electrons. The van der Waals surface area contributed by atoms with E-state index in [4.69, 9.17) is 28.7 Å². The normalized spacial score (nSPS) is 10.4. The topological polar surface area (TPSA) is 115 Å². The lowest BCUT2D eigenvalue weighted by Crippen LogP contribution is -2.13. The van der Waals surface area contributed by atoms with Gasteiger partial charge in [-0.25, -0.2) is 0 Å². The summed E-state index contributed by atoms with van der Waals surface area (Å²) in [7, 11) is -5.74. The van der Waals surface area contributed by atoms with Gasteiger partial charge in [-0.05, 0) is 57.2 Å². The van der Waals surface area contributed by atoms with Gasteiger partial charge in [0.1, 0.15) is 0 Å². The molecule has 34 heavy (non-hydrogen) atoms. The van der Waals surface area contributed by atoms with Gasteiger partial charge < -0.3 is 0 Å². The van der Waals surface area contributed by atoms with E-state index in [2.05, 4.69) is 101 Å². The molecule has 3 aromatic carbocycles. The molecule has 4 N–H and O–H groups in total. The SMILES string of the molecule is CCc1cc(C(C)(C)C)cc(-c2ccc(-c3ccccc3)cc2)c1CC.O=[P+](O)O.O=[P+](O)O. The number of aryl methyl sites for hydroxylation is 1. The number of hydrogen-bond acceptors (Lipinski definition) is 2. The Morgan fingerprint density at radius 1 is 0.676 bits per heavy atom. The minimum absolute atomic E-state index is 0.162. The van der Waals surface area contributed by atoms with Gasteiger partial charge in [0, 0.05) is 9.13 Å². The van der Waals surface area contributed by atoms with E-state index in [1.807, 2.05) is 0 Å². The van der Waals surface area contributed by atoms with E-state index in [-0.39, 0.29) is 5.41 Å². The first kappa shape index (κ1) is 29.7. The summed E-state index contributed by atoms with van der Waals surface area (Å²) in [6.07, 6.45) is 2.16. The van der Waals surface area contributed by atoms with Crippen molar-refractivity contribution in [2.24, 2.45) is 0 Å². The standard InChI is InChI=1S/C26H30.2HO3P/c1-6-19-17-23(26(3,4)5)18-25(24(19)7-2)22-15-13-21(14-16-22)20-11-9-8-10-12-20;2*1-4(2)3/h8-18H,6-7H2,1-5H3;2*(H-,1,2,3)/p+2. The molecular formula is C26H34O6P2+2. The Morgan fingerprint density at radius 3 is 1.53 bits per heavy atom. The van der Waals surface area contributed by atoms with Crippen LogP contribution in [-0.4, -0.2) is 19.6 Å². The first-order chi connectivity index (χ1) is 15.9. The largest absolute Gasteiger partial charge is 0.692 e. The zero-order valence-corrected chi connectivity index (χ0v) is 22.1. The van der Waals surface area contributed by atoms with Gasteiger partial charge >= 0.3 is 16.5 Å². The Balaban J connectivity index is 0.000000629. The first-order valence-electron chi connectivity index (χ1n) is 10.9. The highest BCUT2D eigenvalue weighted by Gasteiger charge is 2.18. The zero-order chi connectivity index (χ0) is 25.9. The summed E-state index contributed by atoms with van der Waals surface area (Å²) >= 11 is 0. The van der Waals surface area contributed by atoms with Crippen LogP contribution in [0.5, 0.6) is 0 Å². The molecule has 0 saturated heterocycles. The van der Waals surface area contributed by atoms with Gasteiger partial charge in [-0.1, -0.05) is 101 Å². The van der Waals surface area contributed by atoms with Crippen molar-refractivity contribution in [1.29, 1.82) is 0 Å². The Hall–Kier alpha value is -2.30. The molecule has 0 bridgehead atoms. The average molecular weight is 505 g/mol. The van der Waals surface area contributed by atoms with Crippen LogP contribution in [0.1, 0.15) is 51.3 Å². The van der Waals surface area contributed by atoms with Crippen molar-refractivity contribution >= 4 is 16.5 Å². The fourth-order valence-electron chi connectivity index (χ4n) is 3.63. The number of hydrogen-bond donors (Lipinski definition) is 4. The third kappa shape index (κ3) is 9.90. The monoisotopic (exact) mass is 504 g/mol. The third-order valence-electron chi connectivity index (χ3n) is 5.25. The smallest absolute Gasteiger partial charge is 0.134 e. The lowest BCUT2D eigenvalue weighted by atomic mass is 9.81. The Labute approximate surface area is 203 Å². The summed E-state index contributed by atoms with van der Waals surface area (Å²) in [6.45, 7) is 11.4. The van der Waals surface area contributed by atoms with Crippen LogP contribution in [-0.2, 0) is 27.4 Å². The molecule has 0 amide bonds. The fraction of sp³-hybridized carbons (Fsp3) is 0.308. The molecule has 0 fully saturated rings. The van der Waals surface area contributed by atoms with Gasteiger partial charge in [-0.3, -0.25) is 0 Å². The molecule has 0 aliphatic heterocycles. The molecule has 3 aromatic rings. The van der Waals surface area contributed by atoms with Crippen LogP contribution < -0.4 is 0 Å². The highest BCUT2D eigenvalue weighted by Crippen LogP contribution is 2.34. The van der Waals surface area contributed by atoms with Crippen molar-refractivity contribution in [2.75, 3.05) is 0 Å². The van der Waals surface area contributed by atoms with Crippen LogP contribution in [0.3, 0.4) is 0 Å². The first-order valence-corrected chi connectivity index (χ1v) is 13.3. The van der Waals surface area contributed by atoms with E-state index in [0.29, 0.717) is 0 Å². The molecule has 6 nitrogen and oxygen atoms in total. The van der Waals surface area contributed by atoms with E-state index in [0.717, 1.165) is 12.8 Å². The summed E-state index contributed by atoms with van der Waals surface area (Å²) in [5.74, 6) is 0. The molecule has 0 aliphatic rings. The highest BCUT2D eigenvalue weighted by atomic mass is 31.1. The van der Waals surface area contributed by atoms with Crippen LogP contribution in [0.2, 0.25) is 0 Å². The van der Waals surface area contributed by atoms with Crippen LogP contribution >= 0.6 is 16.5 Å². The predicted molar refractivity (Wildman–Crippen MR) is 139 cm³/mol. The van der Waals surface area contributed by atoms with E-state index < -0.39 is 16.5 Å². The van der Waals surface area contributed by atoms with Gasteiger partial charge in [0.15, 0.2) is 0 Å².